The Bertz CT molecular complexity index is 999. The minimum absolute atomic E-state index is 0.0666. The molecule has 3 amide bonds. The molecule has 1 aliphatic heterocycles. The fourth-order valence-electron chi connectivity index (χ4n) is 4.29. The number of aliphatic hydroxyl groups is 1. The average molecular weight is 448 g/mol. The van der Waals surface area contributed by atoms with Crippen LogP contribution in [-0.2, 0) is 10.5 Å². The third kappa shape index (κ3) is 3.53. The number of carbonyl (C=O) groups excluding carboxylic acids is 2. The lowest BCUT2D eigenvalue weighted by atomic mass is 9.85. The maximum atomic E-state index is 13.5. The van der Waals surface area contributed by atoms with Gasteiger partial charge in [0.05, 0.1) is 21.4 Å². The predicted molar refractivity (Wildman–Crippen MR) is 118 cm³/mol. The van der Waals surface area contributed by atoms with E-state index in [0.717, 1.165) is 30.6 Å². The van der Waals surface area contributed by atoms with Crippen molar-refractivity contribution in [3.05, 3.63) is 58.1 Å². The van der Waals surface area contributed by atoms with E-state index in [1.807, 2.05) is 0 Å². The van der Waals surface area contributed by atoms with Crippen LogP contribution in [0.3, 0.4) is 0 Å². The molecule has 158 valence electrons. The van der Waals surface area contributed by atoms with Crippen LogP contribution in [0.5, 0.6) is 0 Å². The van der Waals surface area contributed by atoms with Gasteiger partial charge in [-0.25, -0.2) is 4.79 Å². The minimum atomic E-state index is -2.24. The number of fused-ring (bicyclic) bond motifs is 1. The van der Waals surface area contributed by atoms with Crippen molar-refractivity contribution >= 4 is 46.5 Å². The molecule has 4 rings (SSSR count). The molecule has 2 aromatic rings. The van der Waals surface area contributed by atoms with Gasteiger partial charge in [0.25, 0.3) is 11.6 Å². The molecule has 0 unspecified atom stereocenters. The van der Waals surface area contributed by atoms with Crippen molar-refractivity contribution < 1.29 is 14.7 Å². The lowest BCUT2D eigenvalue weighted by Crippen LogP contribution is -2.64. The zero-order chi connectivity index (χ0) is 21.5. The molecular weight excluding hydrogens is 425 g/mol. The van der Waals surface area contributed by atoms with Crippen LogP contribution in [0.15, 0.2) is 42.5 Å². The number of anilines is 2. The smallest absolute Gasteiger partial charge is 0.329 e. The molecule has 2 aromatic carbocycles. The van der Waals surface area contributed by atoms with Crippen LogP contribution >= 0.6 is 23.2 Å². The quantitative estimate of drug-likeness (QED) is 0.626. The molecule has 3 N–H and O–H groups in total. The summed E-state index contributed by atoms with van der Waals surface area (Å²) in [5.41, 5.74) is -1.32. The maximum Gasteiger partial charge on any atom is 0.329 e. The van der Waals surface area contributed by atoms with Crippen molar-refractivity contribution in [1.29, 1.82) is 0 Å². The monoisotopic (exact) mass is 447 g/mol. The van der Waals surface area contributed by atoms with Gasteiger partial charge in [-0.3, -0.25) is 9.69 Å². The molecule has 1 aliphatic carbocycles. The molecule has 0 radical (unpaired) electrons. The van der Waals surface area contributed by atoms with Gasteiger partial charge in [0.2, 0.25) is 0 Å². The van der Waals surface area contributed by atoms with Gasteiger partial charge >= 0.3 is 6.03 Å². The van der Waals surface area contributed by atoms with Gasteiger partial charge < -0.3 is 15.7 Å². The van der Waals surface area contributed by atoms with E-state index < -0.39 is 17.7 Å². The summed E-state index contributed by atoms with van der Waals surface area (Å²) in [4.78, 5) is 27.6. The zero-order valence-corrected chi connectivity index (χ0v) is 18.0. The molecule has 3 atom stereocenters. The SMILES string of the molecule is C[C@@H]1CCCC[C@@H]1NC(=O)[C@@]1(O)c2ccccc2NC(=O)N1c1ccc(Cl)c(Cl)c1. The molecule has 30 heavy (non-hydrogen) atoms. The fourth-order valence-corrected chi connectivity index (χ4v) is 4.58. The van der Waals surface area contributed by atoms with Gasteiger partial charge in [-0.1, -0.05) is 61.2 Å². The van der Waals surface area contributed by atoms with Gasteiger partial charge in [0, 0.05) is 11.6 Å². The highest BCUT2D eigenvalue weighted by Gasteiger charge is 2.52. The Morgan fingerprint density at radius 3 is 2.63 bits per heavy atom. The van der Waals surface area contributed by atoms with Crippen LogP contribution in [0, 0.1) is 5.92 Å². The van der Waals surface area contributed by atoms with Gasteiger partial charge in [0.1, 0.15) is 0 Å². The number of benzene rings is 2. The molecule has 1 saturated carbocycles. The second-order valence-corrected chi connectivity index (χ2v) is 8.74. The molecule has 2 aliphatic rings. The molecule has 1 heterocycles. The summed E-state index contributed by atoms with van der Waals surface area (Å²) in [6.45, 7) is 2.09. The Morgan fingerprint density at radius 1 is 1.17 bits per heavy atom. The van der Waals surface area contributed by atoms with E-state index in [1.54, 1.807) is 30.3 Å². The number of nitrogens with zero attached hydrogens (tertiary/aromatic N) is 1. The van der Waals surface area contributed by atoms with E-state index in [4.69, 9.17) is 23.2 Å². The lowest BCUT2D eigenvalue weighted by molar-refractivity contribution is -0.141. The second-order valence-electron chi connectivity index (χ2n) is 7.92. The number of hydrogen-bond donors (Lipinski definition) is 3. The van der Waals surface area contributed by atoms with Crippen molar-refractivity contribution in [2.24, 2.45) is 5.92 Å². The van der Waals surface area contributed by atoms with E-state index in [9.17, 15) is 14.7 Å². The highest BCUT2D eigenvalue weighted by Crippen LogP contribution is 2.41. The first-order chi connectivity index (χ1) is 14.3. The van der Waals surface area contributed by atoms with Crippen molar-refractivity contribution in [1.82, 2.24) is 5.32 Å². The second kappa shape index (κ2) is 8.10. The number of halogens is 2. The number of amides is 3. The van der Waals surface area contributed by atoms with Crippen molar-refractivity contribution in [3.8, 4) is 0 Å². The van der Waals surface area contributed by atoms with Crippen molar-refractivity contribution in [3.63, 3.8) is 0 Å². The molecule has 6 nitrogen and oxygen atoms in total. The summed E-state index contributed by atoms with van der Waals surface area (Å²) in [6.07, 6.45) is 3.99. The van der Waals surface area contributed by atoms with Crippen LogP contribution < -0.4 is 15.5 Å². The Morgan fingerprint density at radius 2 is 1.90 bits per heavy atom. The van der Waals surface area contributed by atoms with Crippen LogP contribution in [0.25, 0.3) is 0 Å². The van der Waals surface area contributed by atoms with Crippen LogP contribution in [0.1, 0.15) is 38.2 Å². The predicted octanol–water partition coefficient (Wildman–Crippen LogP) is 4.89. The summed E-state index contributed by atoms with van der Waals surface area (Å²) in [5, 5.41) is 18.1. The first-order valence-electron chi connectivity index (χ1n) is 10.0. The zero-order valence-electron chi connectivity index (χ0n) is 16.5. The van der Waals surface area contributed by atoms with Gasteiger partial charge in [0.15, 0.2) is 0 Å². The number of carbonyl (C=O) groups is 2. The summed E-state index contributed by atoms with van der Waals surface area (Å²) in [5.74, 6) is -0.355. The molecule has 1 fully saturated rings. The largest absolute Gasteiger partial charge is 0.359 e. The lowest BCUT2D eigenvalue weighted by Gasteiger charge is -2.44. The van der Waals surface area contributed by atoms with E-state index >= 15 is 0 Å². The number of para-hydroxylation sites is 1. The van der Waals surface area contributed by atoms with E-state index in [-0.39, 0.29) is 28.2 Å². The number of nitrogens with one attached hydrogen (secondary N) is 2. The van der Waals surface area contributed by atoms with Crippen LogP contribution in [-0.4, -0.2) is 23.1 Å². The number of urea groups is 1. The summed E-state index contributed by atoms with van der Waals surface area (Å²) in [6, 6.07) is 10.5. The van der Waals surface area contributed by atoms with Gasteiger partial charge in [-0.15, -0.1) is 0 Å². The highest BCUT2D eigenvalue weighted by atomic mass is 35.5. The fraction of sp³-hybridized carbons (Fsp3) is 0.364. The molecule has 0 spiro atoms. The van der Waals surface area contributed by atoms with E-state index in [2.05, 4.69) is 17.6 Å². The van der Waals surface area contributed by atoms with Crippen molar-refractivity contribution in [2.45, 2.75) is 44.4 Å². The third-order valence-electron chi connectivity index (χ3n) is 5.98. The molecule has 8 heteroatoms. The first-order valence-corrected chi connectivity index (χ1v) is 10.8. The Balaban J connectivity index is 1.80. The van der Waals surface area contributed by atoms with Crippen molar-refractivity contribution in [2.75, 3.05) is 10.2 Å². The minimum Gasteiger partial charge on any atom is -0.359 e. The first kappa shape index (κ1) is 21.0. The van der Waals surface area contributed by atoms with Crippen LogP contribution in [0.2, 0.25) is 10.0 Å². The maximum absolute atomic E-state index is 13.5. The Hall–Kier alpha value is -2.28. The summed E-state index contributed by atoms with van der Waals surface area (Å²) >= 11 is 12.2. The van der Waals surface area contributed by atoms with Gasteiger partial charge in [-0.05, 0) is 43.0 Å². The highest BCUT2D eigenvalue weighted by molar-refractivity contribution is 6.42. The number of hydrogen-bond acceptors (Lipinski definition) is 3. The topological polar surface area (TPSA) is 81.7 Å². The van der Waals surface area contributed by atoms with Crippen LogP contribution in [0.4, 0.5) is 16.2 Å². The Labute approximate surface area is 185 Å². The standard InChI is InChI=1S/C22H23Cl2N3O3/c1-13-6-2-4-8-18(13)25-20(28)22(30)15-7-3-5-9-19(15)26-21(29)27(22)14-10-11-16(23)17(24)12-14/h3,5,7,9-13,18,30H,2,4,6,8H2,1H3,(H,25,28)(H,26,29)/t13-,18+,22+/m1/s1. The van der Waals surface area contributed by atoms with E-state index in [0.29, 0.717) is 10.7 Å². The van der Waals surface area contributed by atoms with Gasteiger partial charge in [-0.2, -0.15) is 0 Å². The summed E-state index contributed by atoms with van der Waals surface area (Å²) in [7, 11) is 0. The number of rotatable bonds is 3. The molecule has 0 aromatic heterocycles. The molecule has 0 saturated heterocycles. The molecule has 0 bridgehead atoms. The normalized spacial score (nSPS) is 26.0. The summed E-state index contributed by atoms with van der Waals surface area (Å²) < 4.78 is 0. The van der Waals surface area contributed by atoms with E-state index in [1.165, 1.54) is 12.1 Å². The third-order valence-corrected chi connectivity index (χ3v) is 6.72. The Kier molecular flexibility index (Phi) is 5.66. The average Bonchev–Trinajstić information content (AvgIpc) is 2.72. The molecular formula is C22H23Cl2N3O3.